The van der Waals surface area contributed by atoms with Gasteiger partial charge in [0.1, 0.15) is 5.01 Å². The van der Waals surface area contributed by atoms with Crippen LogP contribution in [0.2, 0.25) is 0 Å². The molecule has 2 aromatic rings. The van der Waals surface area contributed by atoms with Crippen molar-refractivity contribution in [2.45, 2.75) is 38.4 Å². The number of hydrogen-bond acceptors (Lipinski definition) is 8. The summed E-state index contributed by atoms with van der Waals surface area (Å²) in [5, 5.41) is 22.3. The minimum absolute atomic E-state index is 0.0230. The molecule has 0 saturated carbocycles. The first-order valence-corrected chi connectivity index (χ1v) is 12.5. The molecule has 2 fully saturated rings. The van der Waals surface area contributed by atoms with Crippen LogP contribution in [0.4, 0.5) is 24.0 Å². The zero-order chi connectivity index (χ0) is 25.0. The van der Waals surface area contributed by atoms with Crippen LogP contribution in [0.3, 0.4) is 0 Å². The number of piperazine rings is 1. The van der Waals surface area contributed by atoms with Crippen LogP contribution in [-0.4, -0.2) is 77.8 Å². The summed E-state index contributed by atoms with van der Waals surface area (Å²) >= 11 is 1.59. The molecule has 0 atom stereocenters. The first-order chi connectivity index (χ1) is 16.7. The molecule has 1 aromatic heterocycles. The molecule has 2 aliphatic heterocycles. The number of likely N-dealkylation sites (tertiary alicyclic amines) is 1. The van der Waals surface area contributed by atoms with Gasteiger partial charge in [-0.1, -0.05) is 11.3 Å². The minimum Gasteiger partial charge on any atom is -0.382 e. The van der Waals surface area contributed by atoms with Gasteiger partial charge in [-0.05, 0) is 38.0 Å². The van der Waals surface area contributed by atoms with Crippen LogP contribution in [0, 0.1) is 18.3 Å². The number of aryl methyl sites for hydroxylation is 1. The van der Waals surface area contributed by atoms with E-state index in [-0.39, 0.29) is 17.5 Å². The van der Waals surface area contributed by atoms with Gasteiger partial charge in [0, 0.05) is 64.0 Å². The summed E-state index contributed by atoms with van der Waals surface area (Å²) in [5.74, 6) is 0.114. The van der Waals surface area contributed by atoms with E-state index >= 15 is 0 Å². The Hall–Kier alpha value is -2.91. The van der Waals surface area contributed by atoms with E-state index in [0.717, 1.165) is 42.4 Å². The third kappa shape index (κ3) is 6.41. The zero-order valence-corrected chi connectivity index (χ0v) is 20.3. The Morgan fingerprint density at radius 3 is 2.49 bits per heavy atom. The van der Waals surface area contributed by atoms with Gasteiger partial charge in [0.25, 0.3) is 0 Å². The summed E-state index contributed by atoms with van der Waals surface area (Å²) < 4.78 is 39.6. The zero-order valence-electron chi connectivity index (χ0n) is 19.5. The van der Waals surface area contributed by atoms with Crippen LogP contribution in [0.15, 0.2) is 18.2 Å². The molecular weight excluding hydrogens is 479 g/mol. The van der Waals surface area contributed by atoms with Crippen LogP contribution in [0.5, 0.6) is 0 Å². The van der Waals surface area contributed by atoms with Crippen molar-refractivity contribution in [1.29, 1.82) is 5.26 Å². The van der Waals surface area contributed by atoms with Gasteiger partial charge in [0.15, 0.2) is 0 Å². The molecule has 0 bridgehead atoms. The molecule has 1 N–H and O–H groups in total. The average Bonchev–Trinajstić information content (AvgIpc) is 3.29. The van der Waals surface area contributed by atoms with Crippen molar-refractivity contribution in [3.63, 3.8) is 0 Å². The van der Waals surface area contributed by atoms with Crippen molar-refractivity contribution in [2.75, 3.05) is 56.0 Å². The summed E-state index contributed by atoms with van der Waals surface area (Å²) in [6.45, 7) is 7.29. The third-order valence-electron chi connectivity index (χ3n) is 6.46. The van der Waals surface area contributed by atoms with Gasteiger partial charge in [-0.2, -0.15) is 18.4 Å². The Balaban J connectivity index is 1.19. The standard InChI is InChI=1S/C23H28F3N7OS/c1-16-29-30-22(35-16)33-12-10-31(11-13-33)7-6-21(34)32-8-4-18(5-9-32)28-19-3-2-17(15-27)20(14-19)23(24,25)26/h2-3,14,18,28H,4-13H2,1H3. The third-order valence-corrected chi connectivity index (χ3v) is 7.36. The molecule has 35 heavy (non-hydrogen) atoms. The van der Waals surface area contributed by atoms with E-state index in [1.165, 1.54) is 12.1 Å². The molecule has 0 radical (unpaired) electrons. The Morgan fingerprint density at radius 2 is 1.89 bits per heavy atom. The highest BCUT2D eigenvalue weighted by molar-refractivity contribution is 7.15. The summed E-state index contributed by atoms with van der Waals surface area (Å²) in [6.07, 6.45) is -2.80. The smallest absolute Gasteiger partial charge is 0.382 e. The summed E-state index contributed by atoms with van der Waals surface area (Å²) in [6, 6.07) is 5.25. The fraction of sp³-hybridized carbons (Fsp3) is 0.565. The molecule has 0 spiro atoms. The molecule has 0 aliphatic carbocycles. The van der Waals surface area contributed by atoms with Gasteiger partial charge in [-0.15, -0.1) is 10.2 Å². The number of benzene rings is 1. The molecule has 188 valence electrons. The van der Waals surface area contributed by atoms with Crippen molar-refractivity contribution in [2.24, 2.45) is 0 Å². The highest BCUT2D eigenvalue weighted by Gasteiger charge is 2.34. The number of alkyl halides is 3. The fourth-order valence-corrected chi connectivity index (χ4v) is 5.20. The molecule has 0 unspecified atom stereocenters. The van der Waals surface area contributed by atoms with E-state index in [1.54, 1.807) is 17.4 Å². The number of nitrogens with one attached hydrogen (secondary N) is 1. The number of halogens is 3. The van der Waals surface area contributed by atoms with Gasteiger partial charge in [0.2, 0.25) is 11.0 Å². The van der Waals surface area contributed by atoms with Gasteiger partial charge < -0.3 is 15.1 Å². The van der Waals surface area contributed by atoms with Crippen LogP contribution < -0.4 is 10.2 Å². The number of hydrogen-bond donors (Lipinski definition) is 1. The van der Waals surface area contributed by atoms with E-state index in [2.05, 4.69) is 25.3 Å². The summed E-state index contributed by atoms with van der Waals surface area (Å²) in [7, 11) is 0. The monoisotopic (exact) mass is 507 g/mol. The van der Waals surface area contributed by atoms with E-state index in [9.17, 15) is 18.0 Å². The van der Waals surface area contributed by atoms with E-state index < -0.39 is 11.7 Å². The molecular formula is C23H28F3N7OS. The minimum atomic E-state index is -4.58. The van der Waals surface area contributed by atoms with E-state index in [1.807, 2.05) is 11.8 Å². The molecule has 12 heteroatoms. The fourth-order valence-electron chi connectivity index (χ4n) is 4.46. The van der Waals surface area contributed by atoms with Gasteiger partial charge in [0.05, 0.1) is 17.2 Å². The van der Waals surface area contributed by atoms with E-state index in [4.69, 9.17) is 5.26 Å². The van der Waals surface area contributed by atoms with Crippen LogP contribution in [-0.2, 0) is 11.0 Å². The lowest BCUT2D eigenvalue weighted by molar-refractivity contribution is -0.137. The van der Waals surface area contributed by atoms with Gasteiger partial charge in [-0.25, -0.2) is 0 Å². The molecule has 1 aromatic carbocycles. The highest BCUT2D eigenvalue weighted by atomic mass is 32.1. The maximum Gasteiger partial charge on any atom is 0.417 e. The molecule has 8 nitrogen and oxygen atoms in total. The Bertz CT molecular complexity index is 1070. The number of nitriles is 1. The van der Waals surface area contributed by atoms with Crippen molar-refractivity contribution < 1.29 is 18.0 Å². The number of carbonyl (C=O) groups is 1. The number of anilines is 2. The second kappa shape index (κ2) is 10.8. The Morgan fingerprint density at radius 1 is 1.17 bits per heavy atom. The van der Waals surface area contributed by atoms with Crippen molar-refractivity contribution in [3.8, 4) is 6.07 Å². The largest absolute Gasteiger partial charge is 0.417 e. The number of amides is 1. The number of aromatic nitrogens is 2. The quantitative estimate of drug-likeness (QED) is 0.642. The lowest BCUT2D eigenvalue weighted by atomic mass is 10.0. The lowest BCUT2D eigenvalue weighted by Gasteiger charge is -2.35. The number of nitrogens with zero attached hydrogens (tertiary/aromatic N) is 6. The molecule has 3 heterocycles. The van der Waals surface area contributed by atoms with Crippen LogP contribution >= 0.6 is 11.3 Å². The molecule has 4 rings (SSSR count). The summed E-state index contributed by atoms with van der Waals surface area (Å²) in [4.78, 5) is 19.1. The number of rotatable bonds is 6. The SMILES string of the molecule is Cc1nnc(N2CCN(CCC(=O)N3CCC(Nc4ccc(C#N)c(C(F)(F)F)c4)CC3)CC2)s1. The predicted molar refractivity (Wildman–Crippen MR) is 127 cm³/mol. The average molecular weight is 508 g/mol. The van der Waals surface area contributed by atoms with Crippen molar-refractivity contribution in [3.05, 3.63) is 34.3 Å². The van der Waals surface area contributed by atoms with Crippen molar-refractivity contribution in [1.82, 2.24) is 20.0 Å². The Labute approximate surface area is 206 Å². The highest BCUT2D eigenvalue weighted by Crippen LogP contribution is 2.34. The Kier molecular flexibility index (Phi) is 7.76. The predicted octanol–water partition coefficient (Wildman–Crippen LogP) is 3.35. The number of carbonyl (C=O) groups excluding carboxylic acids is 1. The number of piperidine rings is 1. The van der Waals surface area contributed by atoms with E-state index in [0.29, 0.717) is 44.6 Å². The first kappa shape index (κ1) is 25.2. The van der Waals surface area contributed by atoms with Crippen LogP contribution in [0.1, 0.15) is 35.4 Å². The normalized spacial score (nSPS) is 17.9. The van der Waals surface area contributed by atoms with Crippen LogP contribution in [0.25, 0.3) is 0 Å². The topological polar surface area (TPSA) is 88.4 Å². The molecule has 2 aliphatic rings. The maximum absolute atomic E-state index is 13.2. The summed E-state index contributed by atoms with van der Waals surface area (Å²) in [5.41, 5.74) is -0.985. The van der Waals surface area contributed by atoms with Gasteiger partial charge in [-0.3, -0.25) is 9.69 Å². The van der Waals surface area contributed by atoms with Gasteiger partial charge >= 0.3 is 6.18 Å². The second-order valence-electron chi connectivity index (χ2n) is 8.85. The lowest BCUT2D eigenvalue weighted by Crippen LogP contribution is -2.48. The maximum atomic E-state index is 13.2. The molecule has 2 saturated heterocycles. The first-order valence-electron chi connectivity index (χ1n) is 11.7. The molecule has 1 amide bonds. The van der Waals surface area contributed by atoms with Crippen molar-refractivity contribution >= 4 is 28.1 Å². The second-order valence-corrected chi connectivity index (χ2v) is 10.0.